The van der Waals surface area contributed by atoms with Crippen LogP contribution in [0.3, 0.4) is 0 Å². The van der Waals surface area contributed by atoms with Crippen molar-refractivity contribution in [3.63, 3.8) is 0 Å². The summed E-state index contributed by atoms with van der Waals surface area (Å²) in [6, 6.07) is 8.56. The van der Waals surface area contributed by atoms with Crippen molar-refractivity contribution in [3.8, 4) is 0 Å². The zero-order valence-electron chi connectivity index (χ0n) is 9.86. The summed E-state index contributed by atoms with van der Waals surface area (Å²) < 4.78 is 5.18. The molecule has 1 rings (SSSR count). The molecule has 0 aliphatic rings. The molecular weight excluding hydrogens is 186 g/mol. The molecule has 0 fully saturated rings. The van der Waals surface area contributed by atoms with Crippen molar-refractivity contribution in [2.45, 2.75) is 19.8 Å². The van der Waals surface area contributed by atoms with Crippen LogP contribution in [0.2, 0.25) is 0 Å². The van der Waals surface area contributed by atoms with E-state index in [1.807, 2.05) is 0 Å². The summed E-state index contributed by atoms with van der Waals surface area (Å²) in [6.45, 7) is 5.73. The zero-order chi connectivity index (χ0) is 11.3. The van der Waals surface area contributed by atoms with Crippen LogP contribution in [0.4, 0.5) is 0 Å². The highest BCUT2D eigenvalue weighted by Crippen LogP contribution is 2.24. The highest BCUT2D eigenvalue weighted by atomic mass is 16.5. The lowest BCUT2D eigenvalue weighted by atomic mass is 9.87. The van der Waals surface area contributed by atoms with Gasteiger partial charge >= 0.3 is 0 Å². The van der Waals surface area contributed by atoms with Crippen LogP contribution in [0.25, 0.3) is 0 Å². The standard InChI is InChI=1S/C13H21NO/c1-10-5-4-6-12(7-10)13(8-14)11(2)9-15-3/h4-7,11,13H,8-9,14H2,1-3H3. The molecule has 84 valence electrons. The van der Waals surface area contributed by atoms with Crippen LogP contribution in [0, 0.1) is 12.8 Å². The summed E-state index contributed by atoms with van der Waals surface area (Å²) in [5, 5.41) is 0. The molecule has 0 saturated carbocycles. The predicted octanol–water partition coefficient (Wildman–Crippen LogP) is 2.32. The minimum absolute atomic E-state index is 0.393. The number of hydrogen-bond acceptors (Lipinski definition) is 2. The number of aryl methyl sites for hydroxylation is 1. The maximum absolute atomic E-state index is 5.83. The fourth-order valence-electron chi connectivity index (χ4n) is 1.98. The van der Waals surface area contributed by atoms with Crippen molar-refractivity contribution in [3.05, 3.63) is 35.4 Å². The van der Waals surface area contributed by atoms with E-state index in [1.54, 1.807) is 7.11 Å². The van der Waals surface area contributed by atoms with Gasteiger partial charge in [0.2, 0.25) is 0 Å². The molecule has 2 nitrogen and oxygen atoms in total. The zero-order valence-corrected chi connectivity index (χ0v) is 9.86. The Balaban J connectivity index is 2.82. The van der Waals surface area contributed by atoms with E-state index in [2.05, 4.69) is 38.1 Å². The van der Waals surface area contributed by atoms with Gasteiger partial charge in [0.15, 0.2) is 0 Å². The molecule has 15 heavy (non-hydrogen) atoms. The molecular formula is C13H21NO. The Bertz CT molecular complexity index is 298. The van der Waals surface area contributed by atoms with Crippen LogP contribution < -0.4 is 5.73 Å². The molecule has 1 aromatic rings. The number of nitrogens with two attached hydrogens (primary N) is 1. The molecule has 0 radical (unpaired) electrons. The third kappa shape index (κ3) is 3.33. The van der Waals surface area contributed by atoms with Gasteiger partial charge in [0, 0.05) is 19.6 Å². The minimum atomic E-state index is 0.393. The summed E-state index contributed by atoms with van der Waals surface area (Å²) in [6.07, 6.45) is 0. The van der Waals surface area contributed by atoms with E-state index < -0.39 is 0 Å². The maximum Gasteiger partial charge on any atom is 0.0494 e. The fraction of sp³-hybridized carbons (Fsp3) is 0.538. The molecule has 0 aliphatic heterocycles. The van der Waals surface area contributed by atoms with Gasteiger partial charge in [-0.1, -0.05) is 36.8 Å². The molecule has 0 amide bonds. The molecule has 0 saturated heterocycles. The summed E-state index contributed by atoms with van der Waals surface area (Å²) in [7, 11) is 1.74. The number of rotatable bonds is 5. The van der Waals surface area contributed by atoms with Gasteiger partial charge in [0.05, 0.1) is 0 Å². The maximum atomic E-state index is 5.83. The summed E-state index contributed by atoms with van der Waals surface area (Å²) >= 11 is 0. The highest BCUT2D eigenvalue weighted by molar-refractivity contribution is 5.26. The first-order valence-electron chi connectivity index (χ1n) is 5.44. The van der Waals surface area contributed by atoms with Crippen LogP contribution in [0.1, 0.15) is 24.0 Å². The first-order chi connectivity index (χ1) is 7.19. The van der Waals surface area contributed by atoms with Gasteiger partial charge in [-0.3, -0.25) is 0 Å². The van der Waals surface area contributed by atoms with Gasteiger partial charge in [-0.15, -0.1) is 0 Å². The van der Waals surface area contributed by atoms with Gasteiger partial charge in [0.1, 0.15) is 0 Å². The van der Waals surface area contributed by atoms with Crippen molar-refractivity contribution in [2.24, 2.45) is 11.7 Å². The molecule has 2 atom stereocenters. The Labute approximate surface area is 92.4 Å². The molecule has 2 unspecified atom stereocenters. The van der Waals surface area contributed by atoms with E-state index in [4.69, 9.17) is 10.5 Å². The smallest absolute Gasteiger partial charge is 0.0494 e. The van der Waals surface area contributed by atoms with Gasteiger partial charge in [0.25, 0.3) is 0 Å². The van der Waals surface area contributed by atoms with Crippen LogP contribution in [-0.4, -0.2) is 20.3 Å². The number of benzene rings is 1. The molecule has 0 aliphatic carbocycles. The van der Waals surface area contributed by atoms with Crippen molar-refractivity contribution in [1.82, 2.24) is 0 Å². The van der Waals surface area contributed by atoms with Crippen molar-refractivity contribution in [2.75, 3.05) is 20.3 Å². The van der Waals surface area contributed by atoms with E-state index in [9.17, 15) is 0 Å². The summed E-state index contributed by atoms with van der Waals surface area (Å²) in [5.41, 5.74) is 8.44. The van der Waals surface area contributed by atoms with Gasteiger partial charge in [-0.2, -0.15) is 0 Å². The normalized spacial score (nSPS) is 14.9. The van der Waals surface area contributed by atoms with Crippen LogP contribution in [0.15, 0.2) is 24.3 Å². The lowest BCUT2D eigenvalue weighted by Crippen LogP contribution is -2.22. The highest BCUT2D eigenvalue weighted by Gasteiger charge is 2.17. The first-order valence-corrected chi connectivity index (χ1v) is 5.44. The molecule has 1 aromatic carbocycles. The monoisotopic (exact) mass is 207 g/mol. The molecule has 0 bridgehead atoms. The van der Waals surface area contributed by atoms with E-state index >= 15 is 0 Å². The average molecular weight is 207 g/mol. The lowest BCUT2D eigenvalue weighted by Gasteiger charge is -2.22. The molecule has 0 spiro atoms. The molecule has 2 N–H and O–H groups in total. The quantitative estimate of drug-likeness (QED) is 0.804. The second kappa shape index (κ2) is 5.89. The van der Waals surface area contributed by atoms with Crippen molar-refractivity contribution in [1.29, 1.82) is 0 Å². The number of hydrogen-bond donors (Lipinski definition) is 1. The first kappa shape index (κ1) is 12.2. The third-order valence-electron chi connectivity index (χ3n) is 2.84. The second-order valence-corrected chi connectivity index (χ2v) is 4.19. The average Bonchev–Trinajstić information content (AvgIpc) is 2.19. The van der Waals surface area contributed by atoms with Gasteiger partial charge in [-0.25, -0.2) is 0 Å². The molecule has 2 heteroatoms. The van der Waals surface area contributed by atoms with Crippen LogP contribution in [0.5, 0.6) is 0 Å². The van der Waals surface area contributed by atoms with E-state index in [0.29, 0.717) is 18.4 Å². The Hall–Kier alpha value is -0.860. The Kier molecular flexibility index (Phi) is 4.79. The van der Waals surface area contributed by atoms with Crippen molar-refractivity contribution >= 4 is 0 Å². The summed E-state index contributed by atoms with van der Waals surface area (Å²) in [4.78, 5) is 0. The predicted molar refractivity (Wildman–Crippen MR) is 64.0 cm³/mol. The Morgan fingerprint density at radius 2 is 2.13 bits per heavy atom. The van der Waals surface area contributed by atoms with Gasteiger partial charge < -0.3 is 10.5 Å². The topological polar surface area (TPSA) is 35.2 Å². The van der Waals surface area contributed by atoms with Gasteiger partial charge in [-0.05, 0) is 24.9 Å². The van der Waals surface area contributed by atoms with Crippen molar-refractivity contribution < 1.29 is 4.74 Å². The molecule has 0 aromatic heterocycles. The Morgan fingerprint density at radius 3 is 2.67 bits per heavy atom. The summed E-state index contributed by atoms with van der Waals surface area (Å²) in [5.74, 6) is 0.853. The number of ether oxygens (including phenoxy) is 1. The van der Waals surface area contributed by atoms with Crippen LogP contribution >= 0.6 is 0 Å². The van der Waals surface area contributed by atoms with E-state index in [0.717, 1.165) is 6.61 Å². The number of methoxy groups -OCH3 is 1. The second-order valence-electron chi connectivity index (χ2n) is 4.19. The largest absolute Gasteiger partial charge is 0.384 e. The minimum Gasteiger partial charge on any atom is -0.384 e. The third-order valence-corrected chi connectivity index (χ3v) is 2.84. The molecule has 0 heterocycles. The SMILES string of the molecule is COCC(C)C(CN)c1cccc(C)c1. The lowest BCUT2D eigenvalue weighted by molar-refractivity contribution is 0.147. The van der Waals surface area contributed by atoms with Crippen LogP contribution in [-0.2, 0) is 4.74 Å². The van der Waals surface area contributed by atoms with E-state index in [1.165, 1.54) is 11.1 Å². The van der Waals surface area contributed by atoms with E-state index in [-0.39, 0.29) is 0 Å². The fourth-order valence-corrected chi connectivity index (χ4v) is 1.98. The Morgan fingerprint density at radius 1 is 1.40 bits per heavy atom.